The maximum absolute atomic E-state index is 5.36. The van der Waals surface area contributed by atoms with Gasteiger partial charge in [-0.15, -0.1) is 11.3 Å². The van der Waals surface area contributed by atoms with Gasteiger partial charge in [-0.05, 0) is 93.0 Å². The SMILES string of the molecule is c1ccc(-c2ccc(-c3ccccc3)c(-c3ccc(-c4ccc5sc6ccc7c8ccccc8n(-c8ccccc8)c7c6c5c4)c(-c4nc(-c5ccccc5)nc(-c5ccccc5)n4)c3)c2)cc1. The van der Waals surface area contributed by atoms with Crippen LogP contribution >= 0.6 is 11.3 Å². The third-order valence-electron chi connectivity index (χ3n) is 13.1. The molecule has 13 aromatic rings. The van der Waals surface area contributed by atoms with Crippen LogP contribution in [0.5, 0.6) is 0 Å². The summed E-state index contributed by atoms with van der Waals surface area (Å²) in [6.07, 6.45) is 0. The summed E-state index contributed by atoms with van der Waals surface area (Å²) in [5, 5.41) is 4.96. The summed E-state index contributed by atoms with van der Waals surface area (Å²) in [5.41, 5.74) is 15.3. The number of hydrogen-bond acceptors (Lipinski definition) is 4. The van der Waals surface area contributed by atoms with Gasteiger partial charge in [-0.25, -0.2) is 15.0 Å². The molecule has 10 aromatic carbocycles. The third-order valence-corrected chi connectivity index (χ3v) is 14.2. The normalized spacial score (nSPS) is 11.5. The van der Waals surface area contributed by atoms with Gasteiger partial charge in [-0.2, -0.15) is 0 Å². The fraction of sp³-hybridized carbons (Fsp3) is 0. The lowest BCUT2D eigenvalue weighted by Gasteiger charge is -2.17. The van der Waals surface area contributed by atoms with E-state index in [4.69, 9.17) is 15.0 Å². The Hall–Kier alpha value is -8.77. The predicted molar refractivity (Wildman–Crippen MR) is 285 cm³/mol. The molecule has 0 spiro atoms. The maximum atomic E-state index is 5.36. The highest BCUT2D eigenvalue weighted by atomic mass is 32.1. The van der Waals surface area contributed by atoms with Crippen molar-refractivity contribution in [2.24, 2.45) is 0 Å². The van der Waals surface area contributed by atoms with Crippen LogP contribution in [-0.2, 0) is 0 Å². The van der Waals surface area contributed by atoms with Crippen LogP contribution in [0.1, 0.15) is 0 Å². The van der Waals surface area contributed by atoms with Crippen LogP contribution in [0.4, 0.5) is 0 Å². The van der Waals surface area contributed by atoms with E-state index in [1.165, 1.54) is 47.5 Å². The lowest BCUT2D eigenvalue weighted by molar-refractivity contribution is 1.07. The summed E-state index contributed by atoms with van der Waals surface area (Å²) < 4.78 is 4.94. The molecule has 0 saturated carbocycles. The van der Waals surface area contributed by atoms with Gasteiger partial charge in [0.05, 0.1) is 11.0 Å². The van der Waals surface area contributed by atoms with E-state index < -0.39 is 0 Å². The number of para-hydroxylation sites is 2. The first-order valence-corrected chi connectivity index (χ1v) is 23.7. The Balaban J connectivity index is 1.09. The zero-order valence-corrected chi connectivity index (χ0v) is 37.6. The van der Waals surface area contributed by atoms with Crippen LogP contribution in [0, 0.1) is 0 Å². The summed E-state index contributed by atoms with van der Waals surface area (Å²) in [7, 11) is 0. The highest BCUT2D eigenvalue weighted by Gasteiger charge is 2.22. The number of benzene rings is 10. The molecule has 0 fully saturated rings. The summed E-state index contributed by atoms with van der Waals surface area (Å²) >= 11 is 1.85. The molecule has 0 aliphatic heterocycles. The Kier molecular flexibility index (Phi) is 9.66. The second-order valence-electron chi connectivity index (χ2n) is 17.1. The Labute approximate surface area is 397 Å². The highest BCUT2D eigenvalue weighted by molar-refractivity contribution is 7.26. The molecule has 3 aromatic heterocycles. The number of rotatable bonds is 8. The summed E-state index contributed by atoms with van der Waals surface area (Å²) in [4.78, 5) is 15.8. The van der Waals surface area contributed by atoms with Crippen LogP contribution < -0.4 is 0 Å². The summed E-state index contributed by atoms with van der Waals surface area (Å²) in [6.45, 7) is 0. The molecule has 0 bridgehead atoms. The number of aromatic nitrogens is 4. The van der Waals surface area contributed by atoms with Crippen LogP contribution in [0.25, 0.3) is 126 Å². The minimum atomic E-state index is 0.608. The largest absolute Gasteiger partial charge is 0.309 e. The first kappa shape index (κ1) is 39.6. The second kappa shape index (κ2) is 16.6. The first-order chi connectivity index (χ1) is 33.7. The molecule has 0 radical (unpaired) electrons. The van der Waals surface area contributed by atoms with Crippen molar-refractivity contribution in [1.29, 1.82) is 0 Å². The van der Waals surface area contributed by atoms with Gasteiger partial charge in [0.1, 0.15) is 0 Å². The van der Waals surface area contributed by atoms with E-state index >= 15 is 0 Å². The zero-order chi connectivity index (χ0) is 45.0. The van der Waals surface area contributed by atoms with Crippen molar-refractivity contribution < 1.29 is 0 Å². The molecule has 0 amide bonds. The van der Waals surface area contributed by atoms with E-state index in [1.807, 2.05) is 47.7 Å². The predicted octanol–water partition coefficient (Wildman–Crippen LogP) is 17.0. The van der Waals surface area contributed by atoms with Gasteiger partial charge in [-0.1, -0.05) is 194 Å². The number of fused-ring (bicyclic) bond motifs is 7. The molecular formula is C63H40N4S. The molecule has 5 heteroatoms. The summed E-state index contributed by atoms with van der Waals surface area (Å²) in [5.74, 6) is 1.85. The molecule has 0 N–H and O–H groups in total. The fourth-order valence-corrected chi connectivity index (χ4v) is 11.0. The van der Waals surface area contributed by atoms with E-state index in [9.17, 15) is 0 Å². The first-order valence-electron chi connectivity index (χ1n) is 22.9. The van der Waals surface area contributed by atoms with Gasteiger partial charge in [0.15, 0.2) is 17.5 Å². The van der Waals surface area contributed by atoms with Gasteiger partial charge < -0.3 is 4.57 Å². The van der Waals surface area contributed by atoms with Crippen LogP contribution in [0.3, 0.4) is 0 Å². The molecule has 318 valence electrons. The van der Waals surface area contributed by atoms with Crippen LogP contribution in [-0.4, -0.2) is 19.5 Å². The lowest BCUT2D eigenvalue weighted by atomic mass is 9.88. The van der Waals surface area contributed by atoms with Crippen molar-refractivity contribution in [3.63, 3.8) is 0 Å². The molecule has 0 aliphatic carbocycles. The minimum Gasteiger partial charge on any atom is -0.309 e. The Bertz CT molecular complexity index is 3940. The highest BCUT2D eigenvalue weighted by Crippen LogP contribution is 2.46. The molecule has 0 saturated heterocycles. The molecule has 0 unspecified atom stereocenters. The Morgan fingerprint density at radius 1 is 0.294 bits per heavy atom. The smallest absolute Gasteiger partial charge is 0.164 e. The monoisotopic (exact) mass is 884 g/mol. The molecule has 13 rings (SSSR count). The molecular weight excluding hydrogens is 845 g/mol. The second-order valence-corrected chi connectivity index (χ2v) is 18.2. The number of thiophene rings is 1. The van der Waals surface area contributed by atoms with Gasteiger partial charge in [0.2, 0.25) is 0 Å². The van der Waals surface area contributed by atoms with Gasteiger partial charge in [0, 0.05) is 53.3 Å². The van der Waals surface area contributed by atoms with Crippen molar-refractivity contribution >= 4 is 53.3 Å². The fourth-order valence-electron chi connectivity index (χ4n) is 9.87. The molecule has 3 heterocycles. The van der Waals surface area contributed by atoms with E-state index in [1.54, 1.807) is 0 Å². The Morgan fingerprint density at radius 2 is 0.794 bits per heavy atom. The topological polar surface area (TPSA) is 43.6 Å². The number of nitrogens with zero attached hydrogens (tertiary/aromatic N) is 4. The average molecular weight is 885 g/mol. The van der Waals surface area contributed by atoms with Crippen molar-refractivity contribution in [1.82, 2.24) is 19.5 Å². The van der Waals surface area contributed by atoms with E-state index in [0.717, 1.165) is 61.3 Å². The maximum Gasteiger partial charge on any atom is 0.164 e. The lowest BCUT2D eigenvalue weighted by Crippen LogP contribution is -2.01. The zero-order valence-electron chi connectivity index (χ0n) is 36.8. The van der Waals surface area contributed by atoms with Crippen molar-refractivity contribution in [3.05, 3.63) is 243 Å². The Morgan fingerprint density at radius 3 is 1.47 bits per heavy atom. The minimum absolute atomic E-state index is 0.608. The quantitative estimate of drug-likeness (QED) is 0.153. The van der Waals surface area contributed by atoms with Crippen LogP contribution in [0.2, 0.25) is 0 Å². The standard InChI is InChI=1S/C63H40N4S/c1-6-18-41(19-7-1)45-30-33-49(42-20-8-2-9-21-42)53(38-45)47-31-34-50(54(39-47)63-65-61(43-22-10-3-11-23-43)64-62(66-63)44-24-12-4-13-25-44)46-32-36-57-55(40-46)59-58(68-57)37-35-52-51-28-16-17-29-56(51)67(60(52)59)48-26-14-5-15-27-48/h1-40H. The average Bonchev–Trinajstić information content (AvgIpc) is 3.97. The third kappa shape index (κ3) is 6.88. The van der Waals surface area contributed by atoms with Crippen molar-refractivity contribution in [2.75, 3.05) is 0 Å². The molecule has 4 nitrogen and oxygen atoms in total. The van der Waals surface area contributed by atoms with Crippen LogP contribution in [0.15, 0.2) is 243 Å². The van der Waals surface area contributed by atoms with Gasteiger partial charge >= 0.3 is 0 Å². The van der Waals surface area contributed by atoms with Gasteiger partial charge in [0.25, 0.3) is 0 Å². The van der Waals surface area contributed by atoms with E-state index in [0.29, 0.717) is 17.5 Å². The van der Waals surface area contributed by atoms with E-state index in [2.05, 4.69) is 211 Å². The molecule has 0 atom stereocenters. The van der Waals surface area contributed by atoms with E-state index in [-0.39, 0.29) is 0 Å². The van der Waals surface area contributed by atoms with Crippen molar-refractivity contribution in [2.45, 2.75) is 0 Å². The van der Waals surface area contributed by atoms with Crippen molar-refractivity contribution in [3.8, 4) is 84.4 Å². The number of hydrogen-bond donors (Lipinski definition) is 0. The molecule has 0 aliphatic rings. The van der Waals surface area contributed by atoms with Gasteiger partial charge in [-0.3, -0.25) is 0 Å². The summed E-state index contributed by atoms with van der Waals surface area (Å²) in [6, 6.07) is 86.5. The molecule has 68 heavy (non-hydrogen) atoms.